The summed E-state index contributed by atoms with van der Waals surface area (Å²) in [4.78, 5) is 14.4. The molecule has 0 radical (unpaired) electrons. The van der Waals surface area contributed by atoms with E-state index in [1.807, 2.05) is 32.1 Å². The van der Waals surface area contributed by atoms with E-state index in [4.69, 9.17) is 47.4 Å². The minimum absolute atomic E-state index is 0.0343. The summed E-state index contributed by atoms with van der Waals surface area (Å²) in [5, 5.41) is 33.3. The van der Waals surface area contributed by atoms with Gasteiger partial charge < -0.3 is 62.7 Å². The highest BCUT2D eigenvalue weighted by Crippen LogP contribution is 2.47. The van der Waals surface area contributed by atoms with E-state index in [9.17, 15) is 20.1 Å². The van der Waals surface area contributed by atoms with Crippen molar-refractivity contribution >= 4 is 17.7 Å². The topological polar surface area (TPSA) is 170 Å². The summed E-state index contributed by atoms with van der Waals surface area (Å²) in [6.07, 6.45) is 10.4. The van der Waals surface area contributed by atoms with Gasteiger partial charge in [-0.05, 0) is 62.8 Å². The number of thioether (sulfide) groups is 1. The van der Waals surface area contributed by atoms with E-state index in [1.165, 1.54) is 0 Å². The lowest BCUT2D eigenvalue weighted by Gasteiger charge is -2.48. The number of hydrogen-bond acceptors (Lipinski definition) is 15. The van der Waals surface area contributed by atoms with E-state index in [0.717, 1.165) is 12.0 Å². The molecule has 1 aliphatic carbocycles. The SMILES string of the molecule is CCC(C)[C@H]1O[C@]2(C=C[C@@H]1C)C[C@@H]1C[C@@H](C/C=C(\C)[C@@H](O[C@H]3C[C@H](OC)[C@@H](O[C@H]4C[C@H](OC)[C@@H](SCCO)[C@H](C)O4)[C@H](C)O3)[C@@H](C)/C=C/C=C3\CO[C@@H]4[C@H](O)C(C)=C[C@@H](C(=O)O1)[C@]34O)O2. The van der Waals surface area contributed by atoms with Crippen LogP contribution in [0, 0.1) is 23.7 Å². The van der Waals surface area contributed by atoms with Gasteiger partial charge in [0.25, 0.3) is 0 Å². The fourth-order valence-corrected chi connectivity index (χ4v) is 12.1. The monoisotopic (exact) mass is 932 g/mol. The van der Waals surface area contributed by atoms with Gasteiger partial charge in [0.15, 0.2) is 18.4 Å². The summed E-state index contributed by atoms with van der Waals surface area (Å²) < 4.78 is 64.8. The number of fused-ring (bicyclic) bond motifs is 2. The quantitative estimate of drug-likeness (QED) is 0.160. The first-order chi connectivity index (χ1) is 31.0. The first kappa shape index (κ1) is 50.9. The Balaban J connectivity index is 1.16. The maximum atomic E-state index is 14.4. The Bertz CT molecular complexity index is 1780. The molecule has 7 rings (SSSR count). The minimum Gasteiger partial charge on any atom is -0.462 e. The number of aliphatic hydroxyl groups is 3. The van der Waals surface area contributed by atoms with Crippen molar-refractivity contribution in [2.45, 2.75) is 190 Å². The molecule has 0 aromatic rings. The average Bonchev–Trinajstić information content (AvgIpc) is 3.62. The molecule has 15 heteroatoms. The lowest BCUT2D eigenvalue weighted by atomic mass is 9.71. The molecule has 0 saturated carbocycles. The molecule has 4 saturated heterocycles. The molecule has 1 unspecified atom stereocenters. The van der Waals surface area contributed by atoms with Gasteiger partial charge in [0, 0.05) is 57.5 Å². The second-order valence-electron chi connectivity index (χ2n) is 19.5. The van der Waals surface area contributed by atoms with Crippen molar-refractivity contribution in [3.63, 3.8) is 0 Å². The lowest BCUT2D eigenvalue weighted by Crippen LogP contribution is -2.58. The fraction of sp³-hybridized carbons (Fsp3) is 0.780. The Morgan fingerprint density at radius 3 is 2.37 bits per heavy atom. The number of carbonyl (C=O) groups is 1. The van der Waals surface area contributed by atoms with Crippen LogP contribution >= 0.6 is 11.8 Å². The van der Waals surface area contributed by atoms with Crippen LogP contribution in [-0.2, 0) is 52.2 Å². The Labute approximate surface area is 390 Å². The molecule has 1 spiro atoms. The number of esters is 1. The summed E-state index contributed by atoms with van der Waals surface area (Å²) in [5.74, 6) is -1.95. The summed E-state index contributed by atoms with van der Waals surface area (Å²) in [6.45, 7) is 16.5. The van der Waals surface area contributed by atoms with E-state index in [-0.39, 0.29) is 66.7 Å². The standard InChI is InChI=1S/C50H76O14S/c1-11-27(2)44-30(5)17-18-49(64-44)25-36-22-35(63-49)16-15-29(4)43(28(3)13-12-14-34-26-57-47-42(52)31(6)21-37(48(53)60-36)50(34,47)54)61-40-23-38(55-9)45(32(7)58-40)62-41-24-39(56-10)46(33(8)59-41)65-20-19-51/h12-15,17-18,21,27-28,30,32-33,35-47,51-52,54H,11,16,19-20,22-26H2,1-10H3/b13-12+,29-15+,34-14+/t27?,28-,30-,32-,33-,35+,36-,37-,38-,39-,40-,41-,42+,43-,44+,45-,46-,47+,49+,50+/m0/s1. The molecule has 0 aromatic carbocycles. The Morgan fingerprint density at radius 1 is 0.923 bits per heavy atom. The third-order valence-electron chi connectivity index (χ3n) is 14.9. The van der Waals surface area contributed by atoms with Crippen LogP contribution in [0.4, 0.5) is 0 Å². The third-order valence-corrected chi connectivity index (χ3v) is 16.4. The number of ether oxygens (including phenoxy) is 10. The Morgan fingerprint density at radius 2 is 1.65 bits per heavy atom. The van der Waals surface area contributed by atoms with Crippen molar-refractivity contribution in [2.75, 3.05) is 33.2 Å². The van der Waals surface area contributed by atoms with Gasteiger partial charge in [-0.25, -0.2) is 0 Å². The molecule has 14 nitrogen and oxygen atoms in total. The van der Waals surface area contributed by atoms with Gasteiger partial charge in [0.05, 0.1) is 61.2 Å². The van der Waals surface area contributed by atoms with Crippen LogP contribution in [0.3, 0.4) is 0 Å². The molecule has 366 valence electrons. The first-order valence-electron chi connectivity index (χ1n) is 23.9. The molecule has 0 amide bonds. The predicted octanol–water partition coefficient (Wildman–Crippen LogP) is 6.11. The highest BCUT2D eigenvalue weighted by atomic mass is 32.2. The van der Waals surface area contributed by atoms with Gasteiger partial charge in [-0.3, -0.25) is 4.79 Å². The number of aliphatic hydroxyl groups excluding tert-OH is 2. The number of rotatable bonds is 11. The highest BCUT2D eigenvalue weighted by Gasteiger charge is 2.60. The van der Waals surface area contributed by atoms with E-state index in [2.05, 4.69) is 46.8 Å². The molecule has 6 heterocycles. The zero-order chi connectivity index (χ0) is 46.8. The molecule has 6 aliphatic heterocycles. The molecule has 20 atom stereocenters. The second kappa shape index (κ2) is 21.8. The van der Waals surface area contributed by atoms with Crippen molar-refractivity contribution in [1.82, 2.24) is 0 Å². The molecular weight excluding hydrogens is 857 g/mol. The first-order valence-corrected chi connectivity index (χ1v) is 25.0. The van der Waals surface area contributed by atoms with Crippen LogP contribution in [0.2, 0.25) is 0 Å². The van der Waals surface area contributed by atoms with Gasteiger partial charge in [-0.1, -0.05) is 70.6 Å². The fourth-order valence-electron chi connectivity index (χ4n) is 11.0. The minimum atomic E-state index is -1.83. The molecule has 65 heavy (non-hydrogen) atoms. The van der Waals surface area contributed by atoms with Crippen molar-refractivity contribution in [2.24, 2.45) is 23.7 Å². The van der Waals surface area contributed by atoms with E-state index in [1.54, 1.807) is 45.1 Å². The van der Waals surface area contributed by atoms with Gasteiger partial charge in [0.1, 0.15) is 35.9 Å². The van der Waals surface area contributed by atoms with Crippen LogP contribution in [0.25, 0.3) is 0 Å². The van der Waals surface area contributed by atoms with Crippen LogP contribution in [-0.4, -0.2) is 151 Å². The summed E-state index contributed by atoms with van der Waals surface area (Å²) in [7, 11) is 3.37. The second-order valence-corrected chi connectivity index (χ2v) is 20.8. The van der Waals surface area contributed by atoms with E-state index >= 15 is 0 Å². The van der Waals surface area contributed by atoms with Crippen LogP contribution in [0.15, 0.2) is 59.3 Å². The van der Waals surface area contributed by atoms with E-state index in [0.29, 0.717) is 49.0 Å². The third kappa shape index (κ3) is 10.9. The maximum absolute atomic E-state index is 14.4. The molecule has 2 bridgehead atoms. The van der Waals surface area contributed by atoms with E-state index < -0.39 is 72.5 Å². The Kier molecular flexibility index (Phi) is 17.1. The van der Waals surface area contributed by atoms with Gasteiger partial charge in [-0.15, -0.1) is 0 Å². The Hall–Kier alpha value is -1.96. The van der Waals surface area contributed by atoms with Crippen molar-refractivity contribution in [3.05, 3.63) is 59.3 Å². The number of carbonyl (C=O) groups excluding carboxylic acids is 1. The summed E-state index contributed by atoms with van der Waals surface area (Å²) >= 11 is 1.64. The number of hydrogen-bond donors (Lipinski definition) is 3. The van der Waals surface area contributed by atoms with Crippen LogP contribution < -0.4 is 0 Å². The van der Waals surface area contributed by atoms with Crippen molar-refractivity contribution in [3.8, 4) is 0 Å². The highest BCUT2D eigenvalue weighted by molar-refractivity contribution is 8.00. The van der Waals surface area contributed by atoms with Gasteiger partial charge in [-0.2, -0.15) is 11.8 Å². The zero-order valence-corrected chi connectivity index (χ0v) is 40.9. The lowest BCUT2D eigenvalue weighted by molar-refractivity contribution is -0.309. The van der Waals surface area contributed by atoms with Crippen LogP contribution in [0.1, 0.15) is 93.9 Å². The number of methoxy groups -OCH3 is 2. The zero-order valence-electron chi connectivity index (χ0n) is 40.0. The van der Waals surface area contributed by atoms with Gasteiger partial charge in [0.2, 0.25) is 0 Å². The molecule has 3 N–H and O–H groups in total. The van der Waals surface area contributed by atoms with Gasteiger partial charge >= 0.3 is 5.97 Å². The van der Waals surface area contributed by atoms with Crippen molar-refractivity contribution in [1.29, 1.82) is 0 Å². The smallest absolute Gasteiger partial charge is 0.316 e. The maximum Gasteiger partial charge on any atom is 0.316 e. The largest absolute Gasteiger partial charge is 0.462 e. The summed E-state index contributed by atoms with van der Waals surface area (Å²) in [6, 6.07) is 0. The molecule has 4 fully saturated rings. The van der Waals surface area contributed by atoms with Crippen LogP contribution in [0.5, 0.6) is 0 Å². The molecule has 7 aliphatic rings. The molecule has 0 aromatic heterocycles. The number of allylic oxidation sites excluding steroid dienone is 2. The normalized spacial score (nSPS) is 47.4. The summed E-state index contributed by atoms with van der Waals surface area (Å²) in [5.41, 5.74) is 0.151. The average molecular weight is 933 g/mol. The van der Waals surface area contributed by atoms with Crippen molar-refractivity contribution < 1.29 is 67.5 Å². The predicted molar refractivity (Wildman–Crippen MR) is 245 cm³/mol. The molecular formula is C50H76O14S.